The average molecular weight is 325 g/mol. The predicted octanol–water partition coefficient (Wildman–Crippen LogP) is 4.49. The quantitative estimate of drug-likeness (QED) is 0.646. The van der Waals surface area contributed by atoms with Gasteiger partial charge in [-0.1, -0.05) is 36.3 Å². The summed E-state index contributed by atoms with van der Waals surface area (Å²) < 4.78 is 2.22. The fourth-order valence-electron chi connectivity index (χ4n) is 3.05. The number of benzene rings is 1. The molecule has 0 unspecified atom stereocenters. The van der Waals surface area contributed by atoms with Gasteiger partial charge < -0.3 is 4.57 Å². The Hall–Kier alpha value is -2.24. The molecule has 23 heavy (non-hydrogen) atoms. The van der Waals surface area contributed by atoms with Crippen LogP contribution in [0.15, 0.2) is 42.6 Å². The van der Waals surface area contributed by atoms with Crippen LogP contribution < -0.4 is 0 Å². The Morgan fingerprint density at radius 3 is 2.52 bits per heavy atom. The van der Waals surface area contributed by atoms with E-state index in [4.69, 9.17) is 6.42 Å². The molecule has 2 aromatic heterocycles. The van der Waals surface area contributed by atoms with Crippen molar-refractivity contribution in [3.8, 4) is 12.3 Å². The van der Waals surface area contributed by atoms with Gasteiger partial charge in [0.25, 0.3) is 0 Å². The molecule has 0 spiro atoms. The second-order valence-electron chi connectivity index (χ2n) is 5.64. The van der Waals surface area contributed by atoms with E-state index in [1.165, 1.54) is 27.7 Å². The van der Waals surface area contributed by atoms with Crippen molar-refractivity contribution in [3.63, 3.8) is 0 Å². The van der Waals surface area contributed by atoms with E-state index in [0.29, 0.717) is 6.54 Å². The second kappa shape index (κ2) is 7.35. The van der Waals surface area contributed by atoms with Crippen molar-refractivity contribution in [2.75, 3.05) is 0 Å². The third-order valence-corrected chi connectivity index (χ3v) is 4.36. The predicted molar refractivity (Wildman–Crippen MR) is 99.1 cm³/mol. The number of halogens is 1. The standard InChI is InChI=1S/C20H20N2.ClH/c1-4-14-22-16(3)15(2)18-12-13-21-19(20(18)22)11-10-17-8-6-5-7-9-17;/h1,5-9,12-13H,10-11,14H2,2-3H3;1H. The number of nitrogens with zero attached hydrogens (tertiary/aromatic N) is 2. The largest absolute Gasteiger partial charge is 0.331 e. The zero-order chi connectivity index (χ0) is 15.5. The summed E-state index contributed by atoms with van der Waals surface area (Å²) in [5, 5.41) is 1.27. The molecule has 0 saturated carbocycles. The molecule has 3 rings (SSSR count). The topological polar surface area (TPSA) is 17.8 Å². The van der Waals surface area contributed by atoms with Crippen molar-refractivity contribution in [2.24, 2.45) is 0 Å². The lowest BCUT2D eigenvalue weighted by atomic mass is 10.1. The Morgan fingerprint density at radius 2 is 1.83 bits per heavy atom. The molecule has 0 fully saturated rings. The third-order valence-electron chi connectivity index (χ3n) is 4.36. The summed E-state index contributed by atoms with van der Waals surface area (Å²) >= 11 is 0. The molecule has 3 aromatic rings. The highest BCUT2D eigenvalue weighted by atomic mass is 35.5. The van der Waals surface area contributed by atoms with Gasteiger partial charge in [0.2, 0.25) is 0 Å². The highest BCUT2D eigenvalue weighted by Gasteiger charge is 2.14. The zero-order valence-corrected chi connectivity index (χ0v) is 14.4. The molecule has 0 atom stereocenters. The van der Waals surface area contributed by atoms with E-state index >= 15 is 0 Å². The van der Waals surface area contributed by atoms with Gasteiger partial charge in [0.1, 0.15) is 0 Å². The molecular formula is C20H21ClN2. The van der Waals surface area contributed by atoms with E-state index in [2.05, 4.69) is 59.7 Å². The van der Waals surface area contributed by atoms with Crippen LogP contribution >= 0.6 is 12.4 Å². The van der Waals surface area contributed by atoms with Gasteiger partial charge in [-0.05, 0) is 43.9 Å². The first-order chi connectivity index (χ1) is 10.7. The molecule has 2 nitrogen and oxygen atoms in total. The van der Waals surface area contributed by atoms with Crippen molar-refractivity contribution in [1.82, 2.24) is 9.55 Å². The lowest BCUT2D eigenvalue weighted by molar-refractivity contribution is 0.823. The van der Waals surface area contributed by atoms with Crippen LogP contribution in [0.25, 0.3) is 10.9 Å². The molecule has 2 heterocycles. The van der Waals surface area contributed by atoms with Gasteiger partial charge in [-0.25, -0.2) is 0 Å². The summed E-state index contributed by atoms with van der Waals surface area (Å²) in [6.07, 6.45) is 9.38. The van der Waals surface area contributed by atoms with Gasteiger partial charge in [-0.2, -0.15) is 0 Å². The van der Waals surface area contributed by atoms with E-state index in [1.807, 2.05) is 12.3 Å². The van der Waals surface area contributed by atoms with E-state index in [0.717, 1.165) is 18.5 Å². The fourth-order valence-corrected chi connectivity index (χ4v) is 3.05. The monoisotopic (exact) mass is 324 g/mol. The van der Waals surface area contributed by atoms with Crippen LogP contribution in [0.4, 0.5) is 0 Å². The maximum Gasteiger partial charge on any atom is 0.0838 e. The third kappa shape index (κ3) is 3.25. The van der Waals surface area contributed by atoms with Crippen LogP contribution in [0.5, 0.6) is 0 Å². The second-order valence-corrected chi connectivity index (χ2v) is 5.64. The van der Waals surface area contributed by atoms with Gasteiger partial charge in [0, 0.05) is 17.3 Å². The SMILES string of the molecule is C#CCn1c(C)c(C)c2ccnc(CCc3ccccc3)c21.Cl. The highest BCUT2D eigenvalue weighted by molar-refractivity contribution is 5.87. The van der Waals surface area contributed by atoms with Crippen LogP contribution in [0.2, 0.25) is 0 Å². The minimum Gasteiger partial charge on any atom is -0.331 e. The molecule has 118 valence electrons. The number of aromatic nitrogens is 2. The van der Waals surface area contributed by atoms with Crippen molar-refractivity contribution in [2.45, 2.75) is 33.2 Å². The summed E-state index contributed by atoms with van der Waals surface area (Å²) in [7, 11) is 0. The first-order valence-corrected chi connectivity index (χ1v) is 7.63. The minimum absolute atomic E-state index is 0. The Morgan fingerprint density at radius 1 is 1.09 bits per heavy atom. The number of fused-ring (bicyclic) bond motifs is 1. The fraction of sp³-hybridized carbons (Fsp3) is 0.250. The van der Waals surface area contributed by atoms with Crippen LogP contribution in [0.1, 0.15) is 22.5 Å². The van der Waals surface area contributed by atoms with Crippen molar-refractivity contribution < 1.29 is 0 Å². The summed E-state index contributed by atoms with van der Waals surface area (Å²) in [6, 6.07) is 12.6. The molecule has 0 aliphatic heterocycles. The molecule has 1 aromatic carbocycles. The van der Waals surface area contributed by atoms with Crippen LogP contribution in [0.3, 0.4) is 0 Å². The molecule has 0 amide bonds. The molecule has 0 bridgehead atoms. The normalized spacial score (nSPS) is 10.3. The lowest BCUT2D eigenvalue weighted by Crippen LogP contribution is -2.03. The number of rotatable bonds is 4. The van der Waals surface area contributed by atoms with E-state index in [-0.39, 0.29) is 12.4 Å². The van der Waals surface area contributed by atoms with Gasteiger partial charge in [-0.3, -0.25) is 4.98 Å². The zero-order valence-electron chi connectivity index (χ0n) is 13.5. The smallest absolute Gasteiger partial charge is 0.0838 e. The highest BCUT2D eigenvalue weighted by Crippen LogP contribution is 2.27. The Labute approximate surface area is 144 Å². The first kappa shape index (κ1) is 17.1. The summed E-state index contributed by atoms with van der Waals surface area (Å²) in [4.78, 5) is 4.63. The average Bonchev–Trinajstić information content (AvgIpc) is 2.80. The van der Waals surface area contributed by atoms with Gasteiger partial charge in [0.15, 0.2) is 0 Å². The van der Waals surface area contributed by atoms with E-state index < -0.39 is 0 Å². The van der Waals surface area contributed by atoms with Crippen molar-refractivity contribution >= 4 is 23.3 Å². The molecule has 0 aliphatic carbocycles. The number of pyridine rings is 1. The molecule has 3 heteroatoms. The molecule has 0 aliphatic rings. The summed E-state index contributed by atoms with van der Waals surface area (Å²) in [5.41, 5.74) is 6.21. The molecular weight excluding hydrogens is 304 g/mol. The maximum atomic E-state index is 5.55. The minimum atomic E-state index is 0. The van der Waals surface area contributed by atoms with Crippen LogP contribution in [-0.4, -0.2) is 9.55 Å². The summed E-state index contributed by atoms with van der Waals surface area (Å²) in [6.45, 7) is 4.89. The molecule has 0 radical (unpaired) electrons. The van der Waals surface area contributed by atoms with E-state index in [9.17, 15) is 0 Å². The number of aryl methyl sites for hydroxylation is 3. The molecule has 0 saturated heterocycles. The Bertz CT molecular complexity index is 841. The lowest BCUT2D eigenvalue weighted by Gasteiger charge is -2.08. The van der Waals surface area contributed by atoms with Crippen molar-refractivity contribution in [3.05, 3.63) is 65.1 Å². The van der Waals surface area contributed by atoms with Gasteiger partial charge >= 0.3 is 0 Å². The van der Waals surface area contributed by atoms with Crippen LogP contribution in [0, 0.1) is 26.2 Å². The maximum absolute atomic E-state index is 5.55. The van der Waals surface area contributed by atoms with Crippen LogP contribution in [-0.2, 0) is 19.4 Å². The Kier molecular flexibility index (Phi) is 5.47. The molecule has 0 N–H and O–H groups in total. The number of hydrogen-bond donors (Lipinski definition) is 0. The first-order valence-electron chi connectivity index (χ1n) is 7.63. The van der Waals surface area contributed by atoms with E-state index in [1.54, 1.807) is 0 Å². The van der Waals surface area contributed by atoms with Crippen molar-refractivity contribution in [1.29, 1.82) is 0 Å². The summed E-state index contributed by atoms with van der Waals surface area (Å²) in [5.74, 6) is 2.77. The number of hydrogen-bond acceptors (Lipinski definition) is 1. The number of terminal acetylenes is 1. The Balaban J connectivity index is 0.00000192. The van der Waals surface area contributed by atoms with Gasteiger partial charge in [0.05, 0.1) is 17.8 Å². The van der Waals surface area contributed by atoms with Gasteiger partial charge in [-0.15, -0.1) is 18.8 Å².